The summed E-state index contributed by atoms with van der Waals surface area (Å²) in [6.45, 7) is 0.842. The molecule has 0 aliphatic heterocycles. The Morgan fingerprint density at radius 3 is 2.87 bits per heavy atom. The minimum atomic E-state index is 0.147. The van der Waals surface area contributed by atoms with Crippen LogP contribution >= 0.6 is 15.9 Å². The number of carbonyl (C=O) groups excluding carboxylic acids is 1. The highest BCUT2D eigenvalue weighted by atomic mass is 79.9. The second kappa shape index (κ2) is 7.82. The van der Waals surface area contributed by atoms with E-state index in [1.807, 2.05) is 6.07 Å². The molecule has 1 aromatic heterocycles. The number of anilines is 1. The maximum Gasteiger partial charge on any atom is 0.224 e. The molecule has 4 heteroatoms. The third kappa shape index (κ3) is 4.25. The number of amides is 1. The number of fused-ring (bicyclic) bond motifs is 1. The molecular formula is C19H23BrN2O. The molecule has 0 spiro atoms. The molecule has 1 heterocycles. The van der Waals surface area contributed by atoms with Gasteiger partial charge in [-0.1, -0.05) is 47.0 Å². The fourth-order valence-corrected chi connectivity index (χ4v) is 3.62. The van der Waals surface area contributed by atoms with Crippen LogP contribution in [0.3, 0.4) is 0 Å². The van der Waals surface area contributed by atoms with Gasteiger partial charge in [0.1, 0.15) is 0 Å². The van der Waals surface area contributed by atoms with E-state index in [-0.39, 0.29) is 5.91 Å². The Hall–Kier alpha value is -1.55. The van der Waals surface area contributed by atoms with Crippen LogP contribution in [0.5, 0.6) is 0 Å². The van der Waals surface area contributed by atoms with Crippen LogP contribution < -0.4 is 5.32 Å². The molecular weight excluding hydrogens is 352 g/mol. The SMILES string of the molecule is O=C(CC1CCCC1)Nc1ccc2ccn(CC=CCBr)c2c1. The highest BCUT2D eigenvalue weighted by molar-refractivity contribution is 9.09. The average Bonchev–Trinajstić information content (AvgIpc) is 3.17. The smallest absolute Gasteiger partial charge is 0.224 e. The molecule has 2 aromatic rings. The number of halogens is 1. The van der Waals surface area contributed by atoms with Gasteiger partial charge < -0.3 is 9.88 Å². The van der Waals surface area contributed by atoms with E-state index in [0.717, 1.165) is 23.1 Å². The lowest BCUT2D eigenvalue weighted by Crippen LogP contribution is -2.15. The van der Waals surface area contributed by atoms with E-state index in [0.29, 0.717) is 12.3 Å². The summed E-state index contributed by atoms with van der Waals surface area (Å²) in [5, 5.41) is 5.14. The summed E-state index contributed by atoms with van der Waals surface area (Å²) in [6, 6.07) is 8.25. The first-order chi connectivity index (χ1) is 11.3. The van der Waals surface area contributed by atoms with Crippen molar-refractivity contribution in [1.29, 1.82) is 0 Å². The number of nitrogens with zero attached hydrogens (tertiary/aromatic N) is 1. The molecule has 1 aliphatic carbocycles. The number of hydrogen-bond acceptors (Lipinski definition) is 1. The first-order valence-electron chi connectivity index (χ1n) is 8.36. The largest absolute Gasteiger partial charge is 0.344 e. The van der Waals surface area contributed by atoms with E-state index >= 15 is 0 Å². The van der Waals surface area contributed by atoms with Crippen LogP contribution in [0, 0.1) is 5.92 Å². The van der Waals surface area contributed by atoms with E-state index < -0.39 is 0 Å². The van der Waals surface area contributed by atoms with Crippen molar-refractivity contribution in [1.82, 2.24) is 4.57 Å². The van der Waals surface area contributed by atoms with Gasteiger partial charge in [0, 0.05) is 30.2 Å². The number of allylic oxidation sites excluding steroid dienone is 2. The zero-order chi connectivity index (χ0) is 16.1. The van der Waals surface area contributed by atoms with Crippen molar-refractivity contribution in [3.05, 3.63) is 42.6 Å². The summed E-state index contributed by atoms with van der Waals surface area (Å²) in [6.07, 6.45) is 11.9. The third-order valence-electron chi connectivity index (χ3n) is 4.56. The highest BCUT2D eigenvalue weighted by Crippen LogP contribution is 2.28. The van der Waals surface area contributed by atoms with Crippen molar-refractivity contribution in [2.75, 3.05) is 10.6 Å². The predicted molar refractivity (Wildman–Crippen MR) is 100 cm³/mol. The summed E-state index contributed by atoms with van der Waals surface area (Å²) in [4.78, 5) is 12.2. The standard InChI is InChI=1S/C19H23BrN2O/c20-10-3-4-11-22-12-9-16-7-8-17(14-18(16)22)21-19(23)13-15-5-1-2-6-15/h3-4,7-9,12,14-15H,1-2,5-6,10-11,13H2,(H,21,23). The van der Waals surface area contributed by atoms with Gasteiger partial charge in [-0.25, -0.2) is 0 Å². The second-order valence-electron chi connectivity index (χ2n) is 6.27. The Labute approximate surface area is 145 Å². The maximum atomic E-state index is 12.2. The van der Waals surface area contributed by atoms with Gasteiger partial charge in [-0.3, -0.25) is 4.79 Å². The van der Waals surface area contributed by atoms with E-state index in [2.05, 4.69) is 62.4 Å². The van der Waals surface area contributed by atoms with Gasteiger partial charge >= 0.3 is 0 Å². The summed E-state index contributed by atoms with van der Waals surface area (Å²) in [7, 11) is 0. The van der Waals surface area contributed by atoms with Crippen molar-refractivity contribution < 1.29 is 4.79 Å². The number of nitrogens with one attached hydrogen (secondary N) is 1. The summed E-state index contributed by atoms with van der Waals surface area (Å²) >= 11 is 3.39. The molecule has 1 fully saturated rings. The molecule has 122 valence electrons. The molecule has 0 bridgehead atoms. The Balaban J connectivity index is 1.69. The molecule has 1 saturated carbocycles. The Morgan fingerprint density at radius 2 is 2.09 bits per heavy atom. The van der Waals surface area contributed by atoms with Crippen LogP contribution in [-0.4, -0.2) is 15.8 Å². The molecule has 0 unspecified atom stereocenters. The van der Waals surface area contributed by atoms with Gasteiger partial charge in [-0.2, -0.15) is 0 Å². The first-order valence-corrected chi connectivity index (χ1v) is 9.48. The van der Waals surface area contributed by atoms with Gasteiger partial charge in [0.2, 0.25) is 5.91 Å². The molecule has 23 heavy (non-hydrogen) atoms. The second-order valence-corrected chi connectivity index (χ2v) is 6.92. The Morgan fingerprint density at radius 1 is 1.26 bits per heavy atom. The van der Waals surface area contributed by atoms with Crippen molar-refractivity contribution in [3.63, 3.8) is 0 Å². The van der Waals surface area contributed by atoms with Crippen LogP contribution in [0.25, 0.3) is 10.9 Å². The fourth-order valence-electron chi connectivity index (χ4n) is 3.36. The van der Waals surface area contributed by atoms with Crippen molar-refractivity contribution in [2.24, 2.45) is 5.92 Å². The quantitative estimate of drug-likeness (QED) is 0.552. The van der Waals surface area contributed by atoms with Crippen LogP contribution in [0.2, 0.25) is 0 Å². The van der Waals surface area contributed by atoms with Gasteiger partial charge in [0.15, 0.2) is 0 Å². The summed E-state index contributed by atoms with van der Waals surface area (Å²) in [5.41, 5.74) is 2.05. The van der Waals surface area contributed by atoms with Crippen LogP contribution in [0.15, 0.2) is 42.6 Å². The number of hydrogen-bond donors (Lipinski definition) is 1. The van der Waals surface area contributed by atoms with E-state index in [1.54, 1.807) is 0 Å². The maximum absolute atomic E-state index is 12.2. The van der Waals surface area contributed by atoms with Gasteiger partial charge in [0.25, 0.3) is 0 Å². The van der Waals surface area contributed by atoms with Gasteiger partial charge in [0.05, 0.1) is 5.52 Å². The fraction of sp³-hybridized carbons (Fsp3) is 0.421. The minimum absolute atomic E-state index is 0.147. The highest BCUT2D eigenvalue weighted by Gasteiger charge is 2.18. The minimum Gasteiger partial charge on any atom is -0.344 e. The monoisotopic (exact) mass is 374 g/mol. The molecule has 0 saturated heterocycles. The predicted octanol–water partition coefficient (Wildman–Crippen LogP) is 5.11. The molecule has 1 N–H and O–H groups in total. The number of aromatic nitrogens is 1. The van der Waals surface area contributed by atoms with E-state index in [1.165, 1.54) is 31.1 Å². The molecule has 0 atom stereocenters. The first kappa shape index (κ1) is 16.3. The lowest BCUT2D eigenvalue weighted by Gasteiger charge is -2.10. The van der Waals surface area contributed by atoms with Crippen molar-refractivity contribution in [2.45, 2.75) is 38.6 Å². The van der Waals surface area contributed by atoms with Gasteiger partial charge in [-0.15, -0.1) is 0 Å². The Bertz CT molecular complexity index is 698. The van der Waals surface area contributed by atoms with E-state index in [9.17, 15) is 4.79 Å². The number of alkyl halides is 1. The van der Waals surface area contributed by atoms with Crippen LogP contribution in [0.1, 0.15) is 32.1 Å². The normalized spacial score (nSPS) is 15.7. The lowest BCUT2D eigenvalue weighted by atomic mass is 10.0. The lowest BCUT2D eigenvalue weighted by molar-refractivity contribution is -0.117. The van der Waals surface area contributed by atoms with Crippen molar-refractivity contribution in [3.8, 4) is 0 Å². The molecule has 1 amide bonds. The molecule has 1 aromatic carbocycles. The topological polar surface area (TPSA) is 34.0 Å². The van der Waals surface area contributed by atoms with Gasteiger partial charge in [-0.05, 0) is 42.3 Å². The van der Waals surface area contributed by atoms with E-state index in [4.69, 9.17) is 0 Å². The van der Waals surface area contributed by atoms with Crippen LogP contribution in [0.4, 0.5) is 5.69 Å². The third-order valence-corrected chi connectivity index (χ3v) is 4.94. The molecule has 3 nitrogen and oxygen atoms in total. The summed E-state index contributed by atoms with van der Waals surface area (Å²) in [5.74, 6) is 0.727. The Kier molecular flexibility index (Phi) is 5.55. The number of carbonyl (C=O) groups is 1. The van der Waals surface area contributed by atoms with Crippen LogP contribution in [-0.2, 0) is 11.3 Å². The molecule has 0 radical (unpaired) electrons. The molecule has 1 aliphatic rings. The zero-order valence-electron chi connectivity index (χ0n) is 13.3. The van der Waals surface area contributed by atoms with Crippen molar-refractivity contribution >= 4 is 38.4 Å². The molecule has 3 rings (SSSR count). The zero-order valence-corrected chi connectivity index (χ0v) is 14.9. The summed E-state index contributed by atoms with van der Waals surface area (Å²) < 4.78 is 2.20. The number of benzene rings is 1. The average molecular weight is 375 g/mol. The number of rotatable bonds is 6.